The molecule has 0 fully saturated rings. The summed E-state index contributed by atoms with van der Waals surface area (Å²) >= 11 is 0. The summed E-state index contributed by atoms with van der Waals surface area (Å²) < 4.78 is 39.8. The monoisotopic (exact) mass is 344 g/mol. The van der Waals surface area contributed by atoms with Crippen LogP contribution in [-0.2, 0) is 6.18 Å². The van der Waals surface area contributed by atoms with Gasteiger partial charge in [-0.15, -0.1) is 0 Å². The molecule has 7 heteroatoms. The Morgan fingerprint density at radius 3 is 2.52 bits per heavy atom. The van der Waals surface area contributed by atoms with E-state index in [0.29, 0.717) is 5.39 Å². The Kier molecular flexibility index (Phi) is 3.15. The molecule has 0 aliphatic carbocycles. The Hall–Kier alpha value is -3.22. The van der Waals surface area contributed by atoms with E-state index < -0.39 is 17.4 Å². The van der Waals surface area contributed by atoms with Crippen molar-refractivity contribution in [2.24, 2.45) is 0 Å². The van der Waals surface area contributed by atoms with E-state index in [0.717, 1.165) is 17.5 Å². The van der Waals surface area contributed by atoms with Crippen molar-refractivity contribution in [2.75, 3.05) is 0 Å². The number of aromatic hydroxyl groups is 1. The van der Waals surface area contributed by atoms with Gasteiger partial charge < -0.3 is 10.1 Å². The van der Waals surface area contributed by atoms with Gasteiger partial charge in [-0.05, 0) is 29.7 Å². The summed E-state index contributed by atoms with van der Waals surface area (Å²) in [5.41, 5.74) is -0.942. The van der Waals surface area contributed by atoms with Gasteiger partial charge in [-0.3, -0.25) is 4.57 Å². The number of phenols is 1. The summed E-state index contributed by atoms with van der Waals surface area (Å²) in [5.74, 6) is -0.137. The first-order valence-electron chi connectivity index (χ1n) is 7.39. The van der Waals surface area contributed by atoms with Gasteiger partial charge in [0.25, 0.3) is 0 Å². The standard InChI is InChI=1S/C18H11F3N2O2/c19-18(20,21)11-6-7-14-13(9-11)22-17(25)23(14)16-12-4-2-1-3-10(12)5-8-15(16)24/h1-9,24H,(H,22,25). The SMILES string of the molecule is O=c1[nH]c2cc(C(F)(F)F)ccc2n1-c1c(O)ccc2ccccc12. The molecular formula is C18H11F3N2O2. The number of nitrogens with zero attached hydrogens (tertiary/aromatic N) is 1. The van der Waals surface area contributed by atoms with Gasteiger partial charge in [0.2, 0.25) is 0 Å². The lowest BCUT2D eigenvalue weighted by atomic mass is 10.1. The normalized spacial score (nSPS) is 12.1. The first-order valence-corrected chi connectivity index (χ1v) is 7.39. The van der Waals surface area contributed by atoms with Crippen LogP contribution < -0.4 is 5.69 Å². The fraction of sp³-hybridized carbons (Fsp3) is 0.0556. The molecule has 0 atom stereocenters. The third-order valence-electron chi connectivity index (χ3n) is 4.11. The number of H-pyrrole nitrogens is 1. The lowest BCUT2D eigenvalue weighted by Crippen LogP contribution is -2.15. The molecule has 2 N–H and O–H groups in total. The largest absolute Gasteiger partial charge is 0.506 e. The van der Waals surface area contributed by atoms with Gasteiger partial charge in [0.1, 0.15) is 11.4 Å². The van der Waals surface area contributed by atoms with E-state index in [1.165, 1.54) is 16.7 Å². The number of aromatic nitrogens is 2. The van der Waals surface area contributed by atoms with Crippen molar-refractivity contribution in [1.29, 1.82) is 0 Å². The van der Waals surface area contributed by atoms with Crippen LogP contribution in [0.25, 0.3) is 27.5 Å². The second kappa shape index (κ2) is 5.14. The number of hydrogen-bond acceptors (Lipinski definition) is 2. The molecule has 1 heterocycles. The van der Waals surface area contributed by atoms with Crippen LogP contribution in [0.4, 0.5) is 13.2 Å². The first-order chi connectivity index (χ1) is 11.9. The molecular weight excluding hydrogens is 333 g/mol. The average molecular weight is 344 g/mol. The predicted octanol–water partition coefficient (Wildman–Crippen LogP) is 4.20. The summed E-state index contributed by atoms with van der Waals surface area (Å²) in [6, 6.07) is 13.3. The van der Waals surface area contributed by atoms with Crippen molar-refractivity contribution < 1.29 is 18.3 Å². The molecule has 0 aliphatic rings. The molecule has 4 nitrogen and oxygen atoms in total. The summed E-state index contributed by atoms with van der Waals surface area (Å²) in [4.78, 5) is 14.8. The first kappa shape index (κ1) is 15.3. The Morgan fingerprint density at radius 1 is 1.00 bits per heavy atom. The Balaban J connectivity index is 2.08. The van der Waals surface area contributed by atoms with Crippen molar-refractivity contribution in [3.05, 3.63) is 70.6 Å². The fourth-order valence-electron chi connectivity index (χ4n) is 2.99. The van der Waals surface area contributed by atoms with Crippen molar-refractivity contribution in [1.82, 2.24) is 9.55 Å². The number of nitrogens with one attached hydrogen (secondary N) is 1. The molecule has 25 heavy (non-hydrogen) atoms. The number of benzene rings is 3. The molecule has 0 unspecified atom stereocenters. The number of rotatable bonds is 1. The van der Waals surface area contributed by atoms with E-state index in [1.54, 1.807) is 18.2 Å². The quantitative estimate of drug-likeness (QED) is 0.544. The van der Waals surface area contributed by atoms with Gasteiger partial charge in [0.15, 0.2) is 0 Å². The van der Waals surface area contributed by atoms with Crippen LogP contribution in [0.1, 0.15) is 5.56 Å². The summed E-state index contributed by atoms with van der Waals surface area (Å²) in [7, 11) is 0. The number of hydrogen-bond donors (Lipinski definition) is 2. The van der Waals surface area contributed by atoms with Crippen LogP contribution in [0.2, 0.25) is 0 Å². The molecule has 0 amide bonds. The number of aromatic amines is 1. The number of fused-ring (bicyclic) bond motifs is 2. The summed E-state index contributed by atoms with van der Waals surface area (Å²) in [6.45, 7) is 0. The van der Waals surface area contributed by atoms with E-state index in [1.807, 2.05) is 12.1 Å². The van der Waals surface area contributed by atoms with Crippen LogP contribution in [0.15, 0.2) is 59.4 Å². The van der Waals surface area contributed by atoms with Crippen LogP contribution in [0.5, 0.6) is 5.75 Å². The van der Waals surface area contributed by atoms with Crippen LogP contribution in [0, 0.1) is 0 Å². The summed E-state index contributed by atoms with van der Waals surface area (Å²) in [6.07, 6.45) is -4.51. The molecule has 4 rings (SSSR count). The number of alkyl halides is 3. The Morgan fingerprint density at radius 2 is 1.76 bits per heavy atom. The van der Waals surface area contributed by atoms with Crippen molar-refractivity contribution in [2.45, 2.75) is 6.18 Å². The highest BCUT2D eigenvalue weighted by Crippen LogP contribution is 2.34. The van der Waals surface area contributed by atoms with Crippen LogP contribution in [-0.4, -0.2) is 14.7 Å². The highest BCUT2D eigenvalue weighted by atomic mass is 19.4. The molecule has 3 aromatic carbocycles. The molecule has 0 bridgehead atoms. The Bertz CT molecular complexity index is 1170. The zero-order chi connectivity index (χ0) is 17.8. The maximum absolute atomic E-state index is 12.9. The highest BCUT2D eigenvalue weighted by molar-refractivity contribution is 5.94. The average Bonchev–Trinajstić information content (AvgIpc) is 2.89. The zero-order valence-electron chi connectivity index (χ0n) is 12.6. The third kappa shape index (κ3) is 2.36. The van der Waals surface area contributed by atoms with Crippen molar-refractivity contribution >= 4 is 21.8 Å². The fourth-order valence-corrected chi connectivity index (χ4v) is 2.99. The molecule has 0 saturated heterocycles. The van der Waals surface area contributed by atoms with Crippen LogP contribution >= 0.6 is 0 Å². The zero-order valence-corrected chi connectivity index (χ0v) is 12.6. The summed E-state index contributed by atoms with van der Waals surface area (Å²) in [5, 5.41) is 11.7. The number of imidazole rings is 1. The molecule has 0 saturated carbocycles. The van der Waals surface area contributed by atoms with Gasteiger partial charge in [0, 0.05) is 5.39 Å². The Labute approximate surface area is 138 Å². The third-order valence-corrected chi connectivity index (χ3v) is 4.11. The van der Waals surface area contributed by atoms with Gasteiger partial charge >= 0.3 is 11.9 Å². The van der Waals surface area contributed by atoms with Gasteiger partial charge in [-0.1, -0.05) is 30.3 Å². The van der Waals surface area contributed by atoms with Crippen molar-refractivity contribution in [3.63, 3.8) is 0 Å². The number of halogens is 3. The van der Waals surface area contributed by atoms with E-state index in [4.69, 9.17) is 0 Å². The van der Waals surface area contributed by atoms with E-state index in [9.17, 15) is 23.1 Å². The topological polar surface area (TPSA) is 58.0 Å². The van der Waals surface area contributed by atoms with Crippen LogP contribution in [0.3, 0.4) is 0 Å². The van der Waals surface area contributed by atoms with E-state index in [-0.39, 0.29) is 22.5 Å². The minimum absolute atomic E-state index is 0.0483. The second-order valence-corrected chi connectivity index (χ2v) is 5.65. The van der Waals surface area contributed by atoms with Gasteiger partial charge in [-0.2, -0.15) is 13.2 Å². The molecule has 126 valence electrons. The minimum Gasteiger partial charge on any atom is -0.506 e. The molecule has 4 aromatic rings. The van der Waals surface area contributed by atoms with Gasteiger partial charge in [0.05, 0.1) is 16.6 Å². The van der Waals surface area contributed by atoms with E-state index >= 15 is 0 Å². The van der Waals surface area contributed by atoms with E-state index in [2.05, 4.69) is 4.98 Å². The van der Waals surface area contributed by atoms with Crippen molar-refractivity contribution in [3.8, 4) is 11.4 Å². The predicted molar refractivity (Wildman–Crippen MR) is 88.1 cm³/mol. The lowest BCUT2D eigenvalue weighted by molar-refractivity contribution is -0.137. The molecule has 0 aliphatic heterocycles. The maximum Gasteiger partial charge on any atom is 0.416 e. The highest BCUT2D eigenvalue weighted by Gasteiger charge is 2.31. The molecule has 0 radical (unpaired) electrons. The van der Waals surface area contributed by atoms with Gasteiger partial charge in [-0.25, -0.2) is 4.79 Å². The maximum atomic E-state index is 12.9. The minimum atomic E-state index is -4.51. The number of phenolic OH excluding ortho intramolecular Hbond substituents is 1. The second-order valence-electron chi connectivity index (χ2n) is 5.65. The smallest absolute Gasteiger partial charge is 0.416 e. The molecule has 1 aromatic heterocycles. The molecule has 0 spiro atoms. The lowest BCUT2D eigenvalue weighted by Gasteiger charge is -2.11.